The third-order valence-corrected chi connectivity index (χ3v) is 11.2. The Morgan fingerprint density at radius 1 is 0.700 bits per heavy atom. The summed E-state index contributed by atoms with van der Waals surface area (Å²) < 4.78 is 56.7. The molecule has 11 N–H and O–H groups in total. The van der Waals surface area contributed by atoms with Crippen LogP contribution in [0.1, 0.15) is 12.0 Å². The van der Waals surface area contributed by atoms with Crippen LogP contribution in [0.5, 0.6) is 28.7 Å². The number of aliphatic hydroxyl groups is 8. The first-order valence-electron chi connectivity index (χ1n) is 21.2. The zero-order valence-electron chi connectivity index (χ0n) is 36.5. The molecule has 25 heteroatoms. The van der Waals surface area contributed by atoms with Crippen LogP contribution in [0.15, 0.2) is 76.0 Å². The number of phenols is 2. The number of hydrogen-bond acceptors (Lipinski definition) is 24. The fraction of sp³-hybridized carbons (Fsp3) is 0.422. The number of esters is 2. The van der Waals surface area contributed by atoms with E-state index in [9.17, 15) is 70.2 Å². The molecule has 7 rings (SSSR count). The number of carboxylic acid groups (broad SMARTS) is 1. The van der Waals surface area contributed by atoms with Gasteiger partial charge in [-0.2, -0.15) is 0 Å². The number of hydrogen-bond donors (Lipinski definition) is 11. The van der Waals surface area contributed by atoms with Crippen LogP contribution in [0.3, 0.4) is 0 Å². The summed E-state index contributed by atoms with van der Waals surface area (Å²) in [4.78, 5) is 48.9. The number of phenolic OH excluding ortho intramolecular Hbond substituents is 2. The van der Waals surface area contributed by atoms with Gasteiger partial charge in [0.25, 0.3) is 0 Å². The van der Waals surface area contributed by atoms with Crippen LogP contribution in [-0.2, 0) is 42.8 Å². The van der Waals surface area contributed by atoms with Crippen molar-refractivity contribution in [2.45, 2.75) is 92.4 Å². The molecular weight excluding hydrogens is 940 g/mol. The lowest BCUT2D eigenvalue weighted by Gasteiger charge is -2.44. The Hall–Kier alpha value is -6.46. The highest BCUT2D eigenvalue weighted by atomic mass is 16.8. The summed E-state index contributed by atoms with van der Waals surface area (Å²) in [6.07, 6.45) is -24.5. The van der Waals surface area contributed by atoms with Crippen LogP contribution < -0.4 is 19.6 Å². The van der Waals surface area contributed by atoms with E-state index in [1.165, 1.54) is 61.7 Å². The van der Waals surface area contributed by atoms with E-state index in [1.807, 2.05) is 0 Å². The molecule has 25 nitrogen and oxygen atoms in total. The molecule has 2 aromatic rings. The number of carbonyl (C=O) groups excluding carboxylic acids is 2. The van der Waals surface area contributed by atoms with Gasteiger partial charge in [-0.25, -0.2) is 4.79 Å². The molecule has 3 fully saturated rings. The number of aliphatic carboxylic acids is 1. The van der Waals surface area contributed by atoms with E-state index in [2.05, 4.69) is 0 Å². The third kappa shape index (κ3) is 11.8. The van der Waals surface area contributed by atoms with Crippen molar-refractivity contribution >= 4 is 24.0 Å². The summed E-state index contributed by atoms with van der Waals surface area (Å²) in [5.74, 6) is -5.04. The maximum atomic E-state index is 13.1. The minimum atomic E-state index is -2.03. The largest absolute Gasteiger partial charge is 0.508 e. The lowest BCUT2D eigenvalue weighted by molar-refractivity contribution is -0.345. The van der Waals surface area contributed by atoms with Gasteiger partial charge in [-0.15, -0.1) is 0 Å². The van der Waals surface area contributed by atoms with Crippen molar-refractivity contribution in [3.8, 4) is 51.4 Å². The van der Waals surface area contributed by atoms with Gasteiger partial charge in [0.2, 0.25) is 12.6 Å². The van der Waals surface area contributed by atoms with Gasteiger partial charge in [0.1, 0.15) is 97.9 Å². The van der Waals surface area contributed by atoms with Crippen LogP contribution in [0.25, 0.3) is 28.7 Å². The molecule has 0 amide bonds. The average molecular weight is 989 g/mol. The molecule has 0 saturated carbocycles. The summed E-state index contributed by atoms with van der Waals surface area (Å²) in [6.45, 7) is -2.08. The van der Waals surface area contributed by atoms with Gasteiger partial charge in [-0.05, 0) is 54.1 Å². The first-order chi connectivity index (χ1) is 33.3. The van der Waals surface area contributed by atoms with Gasteiger partial charge in [-0.1, -0.05) is 6.07 Å². The molecule has 1 aliphatic carbocycles. The lowest BCUT2D eigenvalue weighted by Crippen LogP contribution is -2.64. The van der Waals surface area contributed by atoms with Crippen LogP contribution in [0.2, 0.25) is 0 Å². The topological polar surface area (TPSA) is 387 Å². The van der Waals surface area contributed by atoms with Crippen molar-refractivity contribution in [2.24, 2.45) is 0 Å². The number of rotatable bonds is 16. The van der Waals surface area contributed by atoms with Crippen molar-refractivity contribution in [3.63, 3.8) is 0 Å². The number of carboxylic acids is 1. The Balaban J connectivity index is 1.23. The number of fused-ring (bicyclic) bond motifs is 1. The highest BCUT2D eigenvalue weighted by molar-refractivity contribution is 5.90. The molecule has 0 spiro atoms. The van der Waals surface area contributed by atoms with Crippen molar-refractivity contribution in [2.75, 3.05) is 26.9 Å². The van der Waals surface area contributed by atoms with Gasteiger partial charge < -0.3 is 103 Å². The number of benzene rings is 3. The van der Waals surface area contributed by atoms with Crippen molar-refractivity contribution in [1.82, 2.24) is 0 Å². The third-order valence-electron chi connectivity index (χ3n) is 11.2. The normalized spacial score (nSPS) is 30.1. The van der Waals surface area contributed by atoms with Gasteiger partial charge in [0.15, 0.2) is 40.8 Å². The Kier molecular flexibility index (Phi) is 16.2. The second-order valence-corrected chi connectivity index (χ2v) is 16.1. The van der Waals surface area contributed by atoms with Crippen LogP contribution in [0, 0.1) is 0 Å². The minimum Gasteiger partial charge on any atom is -0.508 e. The molecule has 4 aliphatic heterocycles. The van der Waals surface area contributed by atoms with Gasteiger partial charge in [0, 0.05) is 23.8 Å². The average Bonchev–Trinajstić information content (AvgIpc) is 3.32. The molecule has 14 atom stereocenters. The lowest BCUT2D eigenvalue weighted by atomic mass is 9.98. The highest BCUT2D eigenvalue weighted by Gasteiger charge is 2.51. The Morgan fingerprint density at radius 2 is 1.36 bits per heavy atom. The number of carbonyl (C=O) groups is 3. The van der Waals surface area contributed by atoms with Gasteiger partial charge in [0.05, 0.1) is 19.3 Å². The van der Waals surface area contributed by atoms with E-state index >= 15 is 0 Å². The van der Waals surface area contributed by atoms with Crippen LogP contribution in [0.4, 0.5) is 0 Å². The molecule has 70 heavy (non-hydrogen) atoms. The molecule has 5 aliphatic rings. The maximum absolute atomic E-state index is 13.1. The number of aliphatic hydroxyl groups excluding tert-OH is 8. The monoisotopic (exact) mass is 988 g/mol. The fourth-order valence-electron chi connectivity index (χ4n) is 7.42. The second-order valence-electron chi connectivity index (χ2n) is 16.1. The molecule has 0 aromatic heterocycles. The van der Waals surface area contributed by atoms with E-state index in [1.54, 1.807) is 0 Å². The SMILES string of the molecule is COc1cc(C=CC(=O)OCC2OC(Oc3cc4c(OC5OC(COC(=O)CC(=O)O)C(O)C(O)C5O)cc(=O)cc-4oc3-c3ccc(O)cc3)C(OC3OCC(O)C(O)C3O)C(O)C2O)ccc1O. The predicted octanol–water partition coefficient (Wildman–Crippen LogP) is -2.06. The molecule has 4 heterocycles. The van der Waals surface area contributed by atoms with Crippen molar-refractivity contribution < 1.29 is 118 Å². The Labute approximate surface area is 394 Å². The predicted molar refractivity (Wildman–Crippen MR) is 228 cm³/mol. The molecule has 3 saturated heterocycles. The van der Waals surface area contributed by atoms with Crippen molar-refractivity contribution in [1.29, 1.82) is 0 Å². The zero-order valence-corrected chi connectivity index (χ0v) is 36.5. The van der Waals surface area contributed by atoms with E-state index in [0.717, 1.165) is 18.2 Å². The summed E-state index contributed by atoms with van der Waals surface area (Å²) in [5.41, 5.74) is -0.258. The number of methoxy groups -OCH3 is 1. The molecular formula is C45H48O25. The fourth-order valence-corrected chi connectivity index (χ4v) is 7.42. The summed E-state index contributed by atoms with van der Waals surface area (Å²) in [6, 6.07) is 12.7. The summed E-state index contributed by atoms with van der Waals surface area (Å²) in [7, 11) is 1.33. The number of ether oxygens (including phenoxy) is 9. The van der Waals surface area contributed by atoms with E-state index in [4.69, 9.17) is 52.2 Å². The smallest absolute Gasteiger partial charge is 0.330 e. The summed E-state index contributed by atoms with van der Waals surface area (Å²) >= 11 is 0. The van der Waals surface area contributed by atoms with Gasteiger partial charge in [-0.3, -0.25) is 14.4 Å². The van der Waals surface area contributed by atoms with E-state index < -0.39 is 141 Å². The Morgan fingerprint density at radius 3 is 2.06 bits per heavy atom. The molecule has 14 unspecified atom stereocenters. The quantitative estimate of drug-likeness (QED) is 0.0327. The standard InChI is InChI=1S/C45H48O25/c1-61-27-10-18(2-8-23(27)48)3-9-32(52)62-16-30-36(56)38(58)42(70-43-39(59)34(54)24(49)15-64-43)45(69-30)67-28-13-22-25(65-41(28)19-4-6-20(46)7-5-19)11-21(47)12-26(22)66-44-40(60)37(57)35(55)29(68-44)17-63-33(53)14-31(50)51/h2-13,24,29-30,34-40,42-46,48-49,54-60H,14-17H2,1H3,(H,50,51). The maximum Gasteiger partial charge on any atom is 0.330 e. The Bertz CT molecular complexity index is 2530. The van der Waals surface area contributed by atoms with Gasteiger partial charge >= 0.3 is 17.9 Å². The van der Waals surface area contributed by atoms with Crippen molar-refractivity contribution in [3.05, 3.63) is 82.5 Å². The molecule has 2 aromatic carbocycles. The molecule has 378 valence electrons. The van der Waals surface area contributed by atoms with E-state index in [-0.39, 0.29) is 45.6 Å². The summed E-state index contributed by atoms with van der Waals surface area (Å²) in [5, 5.41) is 115. The molecule has 0 bridgehead atoms. The molecule has 0 radical (unpaired) electrons. The first-order valence-corrected chi connectivity index (χ1v) is 21.2. The number of aromatic hydroxyl groups is 2. The van der Waals surface area contributed by atoms with E-state index in [0.29, 0.717) is 5.56 Å². The van der Waals surface area contributed by atoms with Crippen LogP contribution in [-0.4, -0.2) is 187 Å². The first kappa shape index (κ1) is 51.4. The zero-order chi connectivity index (χ0) is 50.6. The highest BCUT2D eigenvalue weighted by Crippen LogP contribution is 2.43. The van der Waals surface area contributed by atoms with Crippen LogP contribution >= 0.6 is 0 Å². The second kappa shape index (κ2) is 22.1. The minimum absolute atomic E-state index is 0.124.